The zero-order valence-corrected chi connectivity index (χ0v) is 19.5. The van der Waals surface area contributed by atoms with E-state index in [9.17, 15) is 18.4 Å². The van der Waals surface area contributed by atoms with Gasteiger partial charge in [-0.3, -0.25) is 9.59 Å². The first-order chi connectivity index (χ1) is 16.9. The molecular formula is C25H23ClF2N4O3. The van der Waals surface area contributed by atoms with Crippen LogP contribution in [-0.4, -0.2) is 22.5 Å². The van der Waals surface area contributed by atoms with Crippen LogP contribution in [0.1, 0.15) is 48.3 Å². The minimum absolute atomic E-state index is 0.0363. The Balaban J connectivity index is 1.45. The molecule has 0 spiro atoms. The Kier molecular flexibility index (Phi) is 7.61. The smallest absolute Gasteiger partial charge is 0.287 e. The standard InChI is InChI=1S/C25H23ClF2N4O3/c26-17-11-16(5-6-18(17)27)13-30-25(34)23-31-20-8-7-19(28)22(21(20)24(33)32-23)35-10-9-14-1-3-15(12-29)4-2-14/h5-8,11,14-15H,1-4,9-10,13H2,(H,30,34)(H,31,32,33). The largest absolute Gasteiger partial charge is 0.490 e. The molecule has 1 amide bonds. The van der Waals surface area contributed by atoms with Crippen molar-refractivity contribution >= 4 is 28.4 Å². The van der Waals surface area contributed by atoms with Gasteiger partial charge in [0, 0.05) is 12.5 Å². The molecule has 35 heavy (non-hydrogen) atoms. The lowest BCUT2D eigenvalue weighted by Crippen LogP contribution is -2.27. The van der Waals surface area contributed by atoms with E-state index in [1.165, 1.54) is 24.3 Å². The van der Waals surface area contributed by atoms with Gasteiger partial charge >= 0.3 is 0 Å². The highest BCUT2D eigenvalue weighted by atomic mass is 35.5. The van der Waals surface area contributed by atoms with Gasteiger partial charge in [-0.1, -0.05) is 17.7 Å². The summed E-state index contributed by atoms with van der Waals surface area (Å²) in [6, 6.07) is 8.80. The fraction of sp³-hybridized carbons (Fsp3) is 0.360. The molecule has 182 valence electrons. The molecule has 0 bridgehead atoms. The van der Waals surface area contributed by atoms with Crippen molar-refractivity contribution in [3.05, 3.63) is 68.7 Å². The Morgan fingerprint density at radius 1 is 1.20 bits per heavy atom. The highest BCUT2D eigenvalue weighted by molar-refractivity contribution is 6.30. The summed E-state index contributed by atoms with van der Waals surface area (Å²) in [4.78, 5) is 31.8. The molecule has 1 saturated carbocycles. The molecule has 0 aliphatic heterocycles. The van der Waals surface area contributed by atoms with Crippen LogP contribution in [0.2, 0.25) is 5.02 Å². The van der Waals surface area contributed by atoms with Gasteiger partial charge in [0.1, 0.15) is 11.2 Å². The molecule has 10 heteroatoms. The minimum Gasteiger partial charge on any atom is -0.490 e. The normalized spacial score (nSPS) is 17.7. The fourth-order valence-corrected chi connectivity index (χ4v) is 4.45. The van der Waals surface area contributed by atoms with Gasteiger partial charge < -0.3 is 15.0 Å². The van der Waals surface area contributed by atoms with Crippen LogP contribution >= 0.6 is 11.6 Å². The second-order valence-electron chi connectivity index (χ2n) is 8.60. The third-order valence-corrected chi connectivity index (χ3v) is 6.52. The van der Waals surface area contributed by atoms with E-state index in [-0.39, 0.29) is 46.6 Å². The second kappa shape index (κ2) is 10.8. The maximum absolute atomic E-state index is 14.5. The number of carbonyl (C=O) groups excluding carboxylic acids is 1. The SMILES string of the molecule is N#CC1CCC(CCOc2c(F)ccc3nc(C(=O)NCc4ccc(F)c(Cl)c4)[nH]c(=O)c23)CC1. The van der Waals surface area contributed by atoms with Gasteiger partial charge in [0.25, 0.3) is 11.5 Å². The number of nitriles is 1. The summed E-state index contributed by atoms with van der Waals surface area (Å²) in [5.41, 5.74) is -0.0181. The highest BCUT2D eigenvalue weighted by Gasteiger charge is 2.22. The molecule has 2 aromatic carbocycles. The zero-order chi connectivity index (χ0) is 24.9. The van der Waals surface area contributed by atoms with Crippen LogP contribution in [0.15, 0.2) is 35.1 Å². The monoisotopic (exact) mass is 500 g/mol. The lowest BCUT2D eigenvalue weighted by Gasteiger charge is -2.24. The fourth-order valence-electron chi connectivity index (χ4n) is 4.25. The number of amides is 1. The van der Waals surface area contributed by atoms with E-state index in [2.05, 4.69) is 21.4 Å². The molecule has 1 fully saturated rings. The molecular weight excluding hydrogens is 478 g/mol. The number of halogens is 3. The average molecular weight is 501 g/mol. The Labute approximate surface area is 205 Å². The lowest BCUT2D eigenvalue weighted by atomic mass is 9.81. The Morgan fingerprint density at radius 2 is 1.94 bits per heavy atom. The summed E-state index contributed by atoms with van der Waals surface area (Å²) >= 11 is 5.75. The first-order valence-corrected chi connectivity index (χ1v) is 11.7. The van der Waals surface area contributed by atoms with Crippen molar-refractivity contribution in [1.82, 2.24) is 15.3 Å². The molecule has 1 aliphatic rings. The number of hydrogen-bond acceptors (Lipinski definition) is 5. The predicted molar refractivity (Wildman–Crippen MR) is 126 cm³/mol. The van der Waals surface area contributed by atoms with E-state index in [1.54, 1.807) is 0 Å². The number of rotatable bonds is 7. The summed E-state index contributed by atoms with van der Waals surface area (Å²) in [5, 5.41) is 11.5. The van der Waals surface area contributed by atoms with Crippen molar-refractivity contribution in [2.45, 2.75) is 38.6 Å². The number of hydrogen-bond donors (Lipinski definition) is 2. The van der Waals surface area contributed by atoms with Crippen LogP contribution in [0.5, 0.6) is 5.75 Å². The van der Waals surface area contributed by atoms with Crippen LogP contribution in [0.3, 0.4) is 0 Å². The van der Waals surface area contributed by atoms with E-state index >= 15 is 0 Å². The van der Waals surface area contributed by atoms with E-state index in [4.69, 9.17) is 21.6 Å². The van der Waals surface area contributed by atoms with Gasteiger partial charge in [-0.25, -0.2) is 13.8 Å². The molecule has 4 rings (SSSR count). The van der Waals surface area contributed by atoms with Crippen LogP contribution in [0, 0.1) is 34.8 Å². The predicted octanol–water partition coefficient (Wildman–Crippen LogP) is 4.88. The van der Waals surface area contributed by atoms with Gasteiger partial charge in [-0.15, -0.1) is 0 Å². The van der Waals surface area contributed by atoms with Gasteiger partial charge in [0.05, 0.1) is 23.2 Å². The first kappa shape index (κ1) is 24.6. The van der Waals surface area contributed by atoms with E-state index in [0.29, 0.717) is 17.9 Å². The number of H-pyrrole nitrogens is 1. The summed E-state index contributed by atoms with van der Waals surface area (Å²) in [7, 11) is 0. The number of nitrogens with one attached hydrogen (secondary N) is 2. The summed E-state index contributed by atoms with van der Waals surface area (Å²) < 4.78 is 33.5. The highest BCUT2D eigenvalue weighted by Crippen LogP contribution is 2.31. The molecule has 0 saturated heterocycles. The summed E-state index contributed by atoms with van der Waals surface area (Å²) in [5.74, 6) is -1.88. The molecule has 2 N–H and O–H groups in total. The lowest BCUT2D eigenvalue weighted by molar-refractivity contribution is 0.0940. The number of nitrogens with zero attached hydrogens (tertiary/aromatic N) is 2. The molecule has 0 radical (unpaired) electrons. The van der Waals surface area contributed by atoms with Crippen molar-refractivity contribution in [3.8, 4) is 11.8 Å². The van der Waals surface area contributed by atoms with E-state index in [0.717, 1.165) is 31.7 Å². The zero-order valence-electron chi connectivity index (χ0n) is 18.7. The van der Waals surface area contributed by atoms with Crippen LogP contribution in [0.4, 0.5) is 8.78 Å². The number of fused-ring (bicyclic) bond motifs is 1. The van der Waals surface area contributed by atoms with Crippen molar-refractivity contribution in [1.29, 1.82) is 5.26 Å². The van der Waals surface area contributed by atoms with Crippen LogP contribution in [-0.2, 0) is 6.54 Å². The topological polar surface area (TPSA) is 108 Å². The minimum atomic E-state index is -0.700. The molecule has 0 unspecified atom stereocenters. The molecule has 3 aromatic rings. The summed E-state index contributed by atoms with van der Waals surface area (Å²) in [6.07, 6.45) is 4.24. The molecule has 1 heterocycles. The number of benzene rings is 2. The Morgan fingerprint density at radius 3 is 2.66 bits per heavy atom. The van der Waals surface area contributed by atoms with E-state index < -0.39 is 23.1 Å². The van der Waals surface area contributed by atoms with Gasteiger partial charge in [-0.05, 0) is 67.9 Å². The third-order valence-electron chi connectivity index (χ3n) is 6.23. The number of carbonyl (C=O) groups is 1. The average Bonchev–Trinajstić information content (AvgIpc) is 2.86. The molecule has 1 aliphatic carbocycles. The maximum atomic E-state index is 14.5. The van der Waals surface area contributed by atoms with Crippen molar-refractivity contribution in [2.24, 2.45) is 11.8 Å². The molecule has 1 aromatic heterocycles. The number of aromatic nitrogens is 2. The van der Waals surface area contributed by atoms with Gasteiger partial charge in [0.2, 0.25) is 0 Å². The molecule has 7 nitrogen and oxygen atoms in total. The van der Waals surface area contributed by atoms with Crippen molar-refractivity contribution in [2.75, 3.05) is 6.61 Å². The quantitative estimate of drug-likeness (QED) is 0.480. The first-order valence-electron chi connectivity index (χ1n) is 11.3. The molecule has 0 atom stereocenters. The Hall–Kier alpha value is -3.51. The third kappa shape index (κ3) is 5.77. The van der Waals surface area contributed by atoms with E-state index in [1.807, 2.05) is 0 Å². The number of aromatic amines is 1. The van der Waals surface area contributed by atoms with Crippen molar-refractivity contribution in [3.63, 3.8) is 0 Å². The number of ether oxygens (including phenoxy) is 1. The van der Waals surface area contributed by atoms with Crippen molar-refractivity contribution < 1.29 is 18.3 Å². The van der Waals surface area contributed by atoms with Gasteiger partial charge in [0.15, 0.2) is 17.4 Å². The van der Waals surface area contributed by atoms with Crippen LogP contribution in [0.25, 0.3) is 10.9 Å². The summed E-state index contributed by atoms with van der Waals surface area (Å²) in [6.45, 7) is 0.258. The Bertz CT molecular complexity index is 1350. The van der Waals surface area contributed by atoms with Gasteiger partial charge in [-0.2, -0.15) is 5.26 Å². The maximum Gasteiger partial charge on any atom is 0.287 e. The second-order valence-corrected chi connectivity index (χ2v) is 9.01. The van der Waals surface area contributed by atoms with Crippen LogP contribution < -0.4 is 15.6 Å².